The van der Waals surface area contributed by atoms with Crippen LogP contribution in [0.4, 0.5) is 39.1 Å². The van der Waals surface area contributed by atoms with Gasteiger partial charge in [0, 0.05) is 23.6 Å². The van der Waals surface area contributed by atoms with Gasteiger partial charge in [-0.25, -0.2) is 14.6 Å². The topological polar surface area (TPSA) is 81.6 Å². The molecule has 0 atom stereocenters. The van der Waals surface area contributed by atoms with Gasteiger partial charge in [-0.2, -0.15) is 22.0 Å². The summed E-state index contributed by atoms with van der Waals surface area (Å²) in [5.41, 5.74) is 5.64. The smallest absolute Gasteiger partial charge is 0.399 e. The average molecular weight is 432 g/mol. The van der Waals surface area contributed by atoms with Crippen LogP contribution in [-0.4, -0.2) is 19.7 Å². The number of alkyl halides is 3. The number of halogens is 5. The van der Waals surface area contributed by atoms with Gasteiger partial charge in [0.15, 0.2) is 11.6 Å². The second-order valence-electron chi connectivity index (χ2n) is 6.45. The number of hydrogen-bond donors (Lipinski definition) is 2. The first-order chi connectivity index (χ1) is 14.7. The predicted octanol–water partition coefficient (Wildman–Crippen LogP) is 4.95. The lowest BCUT2D eigenvalue weighted by Gasteiger charge is -2.15. The Kier molecular flexibility index (Phi) is 5.01. The molecule has 158 valence electrons. The number of rotatable bonds is 4. The van der Waals surface area contributed by atoms with Crippen molar-refractivity contribution in [3.8, 4) is 16.9 Å². The number of nitrogens with zero attached hydrogens (tertiary/aromatic N) is 4. The standard InChI is InChI=1S/C20H13F5N6/c21-17-18(22)27-10-28-19(17)31-8-7-16(30-31)29-13-5-6-14(15(9-13)20(23,24)25)11-1-3-12(26)4-2-11/h1-10H,26H2,(H,29,30). The summed E-state index contributed by atoms with van der Waals surface area (Å²) in [7, 11) is 0. The summed E-state index contributed by atoms with van der Waals surface area (Å²) in [4.78, 5) is 6.70. The van der Waals surface area contributed by atoms with Gasteiger partial charge < -0.3 is 11.1 Å². The number of nitrogens with two attached hydrogens (primary N) is 1. The molecule has 4 rings (SSSR count). The molecule has 4 aromatic rings. The van der Waals surface area contributed by atoms with Crippen molar-refractivity contribution in [1.82, 2.24) is 19.7 Å². The van der Waals surface area contributed by atoms with Crippen molar-refractivity contribution < 1.29 is 22.0 Å². The lowest BCUT2D eigenvalue weighted by molar-refractivity contribution is -0.137. The summed E-state index contributed by atoms with van der Waals surface area (Å²) in [6.07, 6.45) is -2.51. The Balaban J connectivity index is 1.66. The van der Waals surface area contributed by atoms with Crippen molar-refractivity contribution in [2.75, 3.05) is 11.1 Å². The molecule has 11 heteroatoms. The predicted molar refractivity (Wildman–Crippen MR) is 104 cm³/mol. The number of anilines is 3. The minimum atomic E-state index is -4.62. The maximum absolute atomic E-state index is 13.8. The van der Waals surface area contributed by atoms with Crippen LogP contribution in [0.1, 0.15) is 5.56 Å². The molecule has 31 heavy (non-hydrogen) atoms. The van der Waals surface area contributed by atoms with E-state index in [1.54, 1.807) is 0 Å². The summed E-state index contributed by atoms with van der Waals surface area (Å²) in [6, 6.07) is 11.1. The molecule has 2 heterocycles. The highest BCUT2D eigenvalue weighted by atomic mass is 19.4. The first-order valence-electron chi connectivity index (χ1n) is 8.78. The molecule has 0 amide bonds. The van der Waals surface area contributed by atoms with E-state index in [0.717, 1.165) is 17.1 Å². The fourth-order valence-corrected chi connectivity index (χ4v) is 2.93. The number of nitrogens with one attached hydrogen (secondary N) is 1. The Morgan fingerprint density at radius 3 is 2.39 bits per heavy atom. The monoisotopic (exact) mass is 432 g/mol. The highest BCUT2D eigenvalue weighted by Gasteiger charge is 2.34. The minimum Gasteiger partial charge on any atom is -0.399 e. The van der Waals surface area contributed by atoms with E-state index in [4.69, 9.17) is 5.73 Å². The van der Waals surface area contributed by atoms with Gasteiger partial charge in [0.2, 0.25) is 5.82 Å². The lowest BCUT2D eigenvalue weighted by atomic mass is 9.98. The normalized spacial score (nSPS) is 11.5. The van der Waals surface area contributed by atoms with Crippen molar-refractivity contribution in [2.24, 2.45) is 0 Å². The Labute approximate surface area is 172 Å². The third kappa shape index (κ3) is 4.15. The molecule has 3 N–H and O–H groups in total. The molecule has 0 bridgehead atoms. The molecule has 0 saturated heterocycles. The molecule has 0 spiro atoms. The van der Waals surface area contributed by atoms with Crippen molar-refractivity contribution in [3.63, 3.8) is 0 Å². The zero-order valence-electron chi connectivity index (χ0n) is 15.5. The molecule has 0 aliphatic carbocycles. The van der Waals surface area contributed by atoms with Crippen LogP contribution in [0.3, 0.4) is 0 Å². The fourth-order valence-electron chi connectivity index (χ4n) is 2.93. The SMILES string of the molecule is Nc1ccc(-c2ccc(Nc3ccn(-c4ncnc(F)c4F)n3)cc2C(F)(F)F)cc1. The molecule has 0 saturated carbocycles. The fraction of sp³-hybridized carbons (Fsp3) is 0.0500. The van der Waals surface area contributed by atoms with Crippen LogP contribution >= 0.6 is 0 Å². The van der Waals surface area contributed by atoms with Gasteiger partial charge in [0.05, 0.1) is 5.56 Å². The number of benzene rings is 2. The zero-order valence-corrected chi connectivity index (χ0v) is 15.5. The van der Waals surface area contributed by atoms with Gasteiger partial charge in [-0.05, 0) is 35.4 Å². The maximum Gasteiger partial charge on any atom is 0.417 e. The molecule has 2 aromatic carbocycles. The van der Waals surface area contributed by atoms with Crippen LogP contribution in [0.25, 0.3) is 16.9 Å². The van der Waals surface area contributed by atoms with Gasteiger partial charge in [0.25, 0.3) is 5.95 Å². The first kappa shape index (κ1) is 20.3. The van der Waals surface area contributed by atoms with E-state index in [9.17, 15) is 22.0 Å². The molecule has 0 fully saturated rings. The van der Waals surface area contributed by atoms with E-state index in [2.05, 4.69) is 20.4 Å². The summed E-state index contributed by atoms with van der Waals surface area (Å²) >= 11 is 0. The van der Waals surface area contributed by atoms with Crippen molar-refractivity contribution >= 4 is 17.2 Å². The van der Waals surface area contributed by atoms with Crippen LogP contribution in [0.15, 0.2) is 61.1 Å². The Morgan fingerprint density at radius 2 is 1.68 bits per heavy atom. The van der Waals surface area contributed by atoms with Crippen LogP contribution < -0.4 is 11.1 Å². The van der Waals surface area contributed by atoms with Gasteiger partial charge in [-0.1, -0.05) is 18.2 Å². The molecule has 0 unspecified atom stereocenters. The van der Waals surface area contributed by atoms with Crippen LogP contribution in [-0.2, 0) is 6.18 Å². The summed E-state index contributed by atoms with van der Waals surface area (Å²) in [5, 5.41) is 6.69. The summed E-state index contributed by atoms with van der Waals surface area (Å²) in [5.74, 6) is -2.98. The van der Waals surface area contributed by atoms with Gasteiger partial charge in [0.1, 0.15) is 6.33 Å². The molecule has 6 nitrogen and oxygen atoms in total. The summed E-state index contributed by atoms with van der Waals surface area (Å²) < 4.78 is 69.1. The van der Waals surface area contributed by atoms with Crippen LogP contribution in [0, 0.1) is 11.8 Å². The third-order valence-electron chi connectivity index (χ3n) is 4.35. The maximum atomic E-state index is 13.8. The van der Waals surface area contributed by atoms with Gasteiger partial charge in [-0.15, -0.1) is 5.10 Å². The van der Waals surface area contributed by atoms with E-state index in [1.165, 1.54) is 48.7 Å². The van der Waals surface area contributed by atoms with Crippen molar-refractivity contribution in [2.45, 2.75) is 6.18 Å². The number of aromatic nitrogens is 4. The highest BCUT2D eigenvalue weighted by molar-refractivity contribution is 5.73. The van der Waals surface area contributed by atoms with Crippen LogP contribution in [0.5, 0.6) is 0 Å². The van der Waals surface area contributed by atoms with E-state index < -0.39 is 29.3 Å². The molecule has 2 aromatic heterocycles. The van der Waals surface area contributed by atoms with Gasteiger partial charge in [-0.3, -0.25) is 0 Å². The Bertz CT molecular complexity index is 1230. The number of hydrogen-bond acceptors (Lipinski definition) is 5. The van der Waals surface area contributed by atoms with Crippen LogP contribution in [0.2, 0.25) is 0 Å². The summed E-state index contributed by atoms with van der Waals surface area (Å²) in [6.45, 7) is 0. The molecular weight excluding hydrogens is 419 g/mol. The van der Waals surface area contributed by atoms with Gasteiger partial charge >= 0.3 is 6.18 Å². The third-order valence-corrected chi connectivity index (χ3v) is 4.35. The Hall–Kier alpha value is -4.02. The van der Waals surface area contributed by atoms with E-state index in [-0.39, 0.29) is 17.1 Å². The molecule has 0 aliphatic rings. The molecule has 0 radical (unpaired) electrons. The van der Waals surface area contributed by atoms with E-state index in [1.807, 2.05) is 0 Å². The first-order valence-corrected chi connectivity index (χ1v) is 8.78. The van der Waals surface area contributed by atoms with Crippen molar-refractivity contribution in [1.29, 1.82) is 0 Å². The quantitative estimate of drug-likeness (QED) is 0.271. The second kappa shape index (κ2) is 7.67. The Morgan fingerprint density at radius 1 is 0.935 bits per heavy atom. The lowest BCUT2D eigenvalue weighted by Crippen LogP contribution is -2.08. The highest BCUT2D eigenvalue weighted by Crippen LogP contribution is 2.39. The largest absolute Gasteiger partial charge is 0.417 e. The molecule has 0 aliphatic heterocycles. The second-order valence-corrected chi connectivity index (χ2v) is 6.45. The molecular formula is C20H13F5N6. The average Bonchev–Trinajstić information content (AvgIpc) is 3.18. The van der Waals surface area contributed by atoms with E-state index in [0.29, 0.717) is 11.3 Å². The number of nitrogen functional groups attached to an aromatic ring is 1. The minimum absolute atomic E-state index is 0.0119. The zero-order chi connectivity index (χ0) is 22.2. The van der Waals surface area contributed by atoms with Crippen molar-refractivity contribution in [3.05, 3.63) is 78.4 Å². The van der Waals surface area contributed by atoms with E-state index >= 15 is 0 Å².